The molecular weight excluding hydrogens is 280 g/mol. The van der Waals surface area contributed by atoms with Gasteiger partial charge in [0, 0.05) is 6.54 Å². The number of nitrogens with one attached hydrogen (secondary N) is 1. The molecule has 0 saturated carbocycles. The van der Waals surface area contributed by atoms with E-state index in [0.29, 0.717) is 0 Å². The van der Waals surface area contributed by atoms with E-state index >= 15 is 0 Å². The van der Waals surface area contributed by atoms with Crippen molar-refractivity contribution in [2.45, 2.75) is 11.3 Å². The molecule has 1 aromatic rings. The molecule has 9 heteroatoms. The summed E-state index contributed by atoms with van der Waals surface area (Å²) in [5.74, 6) is -0.674. The van der Waals surface area contributed by atoms with E-state index in [-0.39, 0.29) is 29.4 Å². The van der Waals surface area contributed by atoms with Gasteiger partial charge in [0.2, 0.25) is 20.0 Å². The van der Waals surface area contributed by atoms with Gasteiger partial charge in [0.15, 0.2) is 0 Å². The summed E-state index contributed by atoms with van der Waals surface area (Å²) in [5, 5.41) is 14.2. The zero-order valence-corrected chi connectivity index (χ0v) is 11.0. The molecule has 0 fully saturated rings. The molecule has 0 heterocycles. The number of phenolic OH excluding ortho intramolecular Hbond substituents is 1. The second-order valence-electron chi connectivity index (χ2n) is 3.59. The lowest BCUT2D eigenvalue weighted by Crippen LogP contribution is -2.27. The molecule has 0 saturated heterocycles. The Labute approximate surface area is 106 Å². The molecule has 0 aliphatic rings. The minimum absolute atomic E-state index is 0.0612. The monoisotopic (exact) mass is 294 g/mol. The van der Waals surface area contributed by atoms with Gasteiger partial charge in [0.05, 0.1) is 5.75 Å². The van der Waals surface area contributed by atoms with Crippen molar-refractivity contribution in [1.29, 1.82) is 0 Å². The fourth-order valence-corrected chi connectivity index (χ4v) is 2.96. The van der Waals surface area contributed by atoms with E-state index in [9.17, 15) is 21.9 Å². The van der Waals surface area contributed by atoms with Crippen molar-refractivity contribution in [2.75, 3.05) is 12.3 Å². The van der Waals surface area contributed by atoms with Gasteiger partial charge in [-0.15, -0.1) is 0 Å². The van der Waals surface area contributed by atoms with Crippen molar-refractivity contribution in [2.24, 2.45) is 5.14 Å². The SMILES string of the molecule is NS(=O)(=O)CCCNS(=O)(=O)c1ccccc1O. The van der Waals surface area contributed by atoms with E-state index < -0.39 is 20.0 Å². The highest BCUT2D eigenvalue weighted by molar-refractivity contribution is 7.89. The first-order chi connectivity index (χ1) is 8.22. The van der Waals surface area contributed by atoms with Gasteiger partial charge in [-0.1, -0.05) is 12.1 Å². The molecule has 0 amide bonds. The maximum atomic E-state index is 11.7. The number of aromatic hydroxyl groups is 1. The highest BCUT2D eigenvalue weighted by Gasteiger charge is 2.17. The Morgan fingerprint density at radius 2 is 1.78 bits per heavy atom. The summed E-state index contributed by atoms with van der Waals surface area (Å²) in [6.07, 6.45) is 0.0612. The van der Waals surface area contributed by atoms with Gasteiger partial charge in [-0.25, -0.2) is 26.7 Å². The van der Waals surface area contributed by atoms with Crippen molar-refractivity contribution >= 4 is 20.0 Å². The molecule has 0 aliphatic carbocycles. The number of rotatable bonds is 6. The van der Waals surface area contributed by atoms with Crippen molar-refractivity contribution < 1.29 is 21.9 Å². The standard InChI is InChI=1S/C9H14N2O5S2/c10-17(13,14)7-3-6-11-18(15,16)9-5-2-1-4-8(9)12/h1-2,4-5,11-12H,3,6-7H2,(H2,10,13,14). The molecule has 18 heavy (non-hydrogen) atoms. The Morgan fingerprint density at radius 1 is 1.17 bits per heavy atom. The number of hydrogen-bond acceptors (Lipinski definition) is 5. The number of benzene rings is 1. The first kappa shape index (κ1) is 14.9. The van der Waals surface area contributed by atoms with Crippen molar-refractivity contribution in [3.8, 4) is 5.75 Å². The van der Waals surface area contributed by atoms with Crippen LogP contribution in [0.2, 0.25) is 0 Å². The first-order valence-electron chi connectivity index (χ1n) is 5.00. The Hall–Kier alpha value is -1.16. The molecule has 0 bridgehead atoms. The van der Waals surface area contributed by atoms with Crippen LogP contribution < -0.4 is 9.86 Å². The second kappa shape index (κ2) is 5.65. The molecule has 0 aromatic heterocycles. The topological polar surface area (TPSA) is 127 Å². The third-order valence-electron chi connectivity index (χ3n) is 2.05. The molecule has 1 aromatic carbocycles. The van der Waals surface area contributed by atoms with Gasteiger partial charge >= 0.3 is 0 Å². The molecule has 0 spiro atoms. The number of primary sulfonamides is 1. The van der Waals surface area contributed by atoms with Crippen LogP contribution in [0.25, 0.3) is 0 Å². The molecule has 1 rings (SSSR count). The lowest BCUT2D eigenvalue weighted by Gasteiger charge is -2.07. The highest BCUT2D eigenvalue weighted by atomic mass is 32.2. The van der Waals surface area contributed by atoms with Gasteiger partial charge in [-0.3, -0.25) is 0 Å². The van der Waals surface area contributed by atoms with Crippen LogP contribution in [0.3, 0.4) is 0 Å². The maximum Gasteiger partial charge on any atom is 0.244 e. The molecule has 0 atom stereocenters. The molecule has 0 radical (unpaired) electrons. The predicted molar refractivity (Wildman–Crippen MR) is 65.9 cm³/mol. The van der Waals surface area contributed by atoms with Crippen LogP contribution in [0.15, 0.2) is 29.2 Å². The number of para-hydroxylation sites is 1. The number of hydrogen-bond donors (Lipinski definition) is 3. The van der Waals surface area contributed by atoms with E-state index in [1.165, 1.54) is 24.3 Å². The average molecular weight is 294 g/mol. The summed E-state index contributed by atoms with van der Waals surface area (Å²) in [7, 11) is -7.44. The number of nitrogens with two attached hydrogens (primary N) is 1. The summed E-state index contributed by atoms with van der Waals surface area (Å²) in [6.45, 7) is -0.0763. The van der Waals surface area contributed by atoms with Crippen molar-refractivity contribution in [1.82, 2.24) is 4.72 Å². The third-order valence-corrected chi connectivity index (χ3v) is 4.42. The Balaban J connectivity index is 2.65. The summed E-state index contributed by atoms with van der Waals surface area (Å²) in [4.78, 5) is -0.249. The van der Waals surface area contributed by atoms with Gasteiger partial charge < -0.3 is 5.11 Å². The Bertz CT molecular complexity index is 610. The first-order valence-corrected chi connectivity index (χ1v) is 8.20. The van der Waals surface area contributed by atoms with Gasteiger partial charge in [0.1, 0.15) is 10.6 Å². The lowest BCUT2D eigenvalue weighted by atomic mass is 10.3. The quantitative estimate of drug-likeness (QED) is 0.601. The molecule has 0 aliphatic heterocycles. The summed E-state index contributed by atoms with van der Waals surface area (Å²) < 4.78 is 46.9. The lowest BCUT2D eigenvalue weighted by molar-refractivity contribution is 0.458. The zero-order chi connectivity index (χ0) is 13.8. The van der Waals surface area contributed by atoms with Gasteiger partial charge in [-0.05, 0) is 18.6 Å². The van der Waals surface area contributed by atoms with Crippen LogP contribution >= 0.6 is 0 Å². The van der Waals surface area contributed by atoms with Crippen LogP contribution in [0.4, 0.5) is 0 Å². The normalized spacial score (nSPS) is 12.5. The number of sulfonamides is 2. The maximum absolute atomic E-state index is 11.7. The largest absolute Gasteiger partial charge is 0.507 e. The van der Waals surface area contributed by atoms with E-state index in [1.54, 1.807) is 0 Å². The molecule has 4 N–H and O–H groups in total. The third kappa shape index (κ3) is 4.61. The van der Waals surface area contributed by atoms with Crippen LogP contribution in [0.1, 0.15) is 6.42 Å². The highest BCUT2D eigenvalue weighted by Crippen LogP contribution is 2.20. The minimum atomic E-state index is -3.84. The number of phenols is 1. The fourth-order valence-electron chi connectivity index (χ4n) is 1.24. The smallest absolute Gasteiger partial charge is 0.244 e. The molecular formula is C9H14N2O5S2. The van der Waals surface area contributed by atoms with E-state index in [2.05, 4.69) is 4.72 Å². The summed E-state index contributed by atoms with van der Waals surface area (Å²) in [5.41, 5.74) is 0. The van der Waals surface area contributed by atoms with Crippen LogP contribution in [0, 0.1) is 0 Å². The minimum Gasteiger partial charge on any atom is -0.507 e. The molecule has 0 unspecified atom stereocenters. The zero-order valence-electron chi connectivity index (χ0n) is 9.40. The molecule has 7 nitrogen and oxygen atoms in total. The van der Waals surface area contributed by atoms with E-state index in [0.717, 1.165) is 0 Å². The predicted octanol–water partition coefficient (Wildman–Crippen LogP) is -0.651. The van der Waals surface area contributed by atoms with E-state index in [1.807, 2.05) is 0 Å². The summed E-state index contributed by atoms with van der Waals surface area (Å²) in [6, 6.07) is 5.46. The van der Waals surface area contributed by atoms with Crippen LogP contribution in [0.5, 0.6) is 5.75 Å². The summed E-state index contributed by atoms with van der Waals surface area (Å²) >= 11 is 0. The van der Waals surface area contributed by atoms with Gasteiger partial charge in [0.25, 0.3) is 0 Å². The van der Waals surface area contributed by atoms with E-state index in [4.69, 9.17) is 5.14 Å². The Morgan fingerprint density at radius 3 is 2.33 bits per heavy atom. The van der Waals surface area contributed by atoms with Crippen LogP contribution in [-0.2, 0) is 20.0 Å². The van der Waals surface area contributed by atoms with Crippen molar-refractivity contribution in [3.63, 3.8) is 0 Å². The van der Waals surface area contributed by atoms with Crippen LogP contribution in [-0.4, -0.2) is 34.2 Å². The fraction of sp³-hybridized carbons (Fsp3) is 0.333. The average Bonchev–Trinajstić information content (AvgIpc) is 2.24. The second-order valence-corrected chi connectivity index (χ2v) is 7.06. The van der Waals surface area contributed by atoms with Gasteiger partial charge in [-0.2, -0.15) is 0 Å². The molecule has 102 valence electrons. The van der Waals surface area contributed by atoms with Crippen molar-refractivity contribution in [3.05, 3.63) is 24.3 Å². The Kier molecular flexibility index (Phi) is 4.68.